The Kier molecular flexibility index (Phi) is 4.25. The quantitative estimate of drug-likeness (QED) is 0.910. The number of nitrogens with zero attached hydrogens (tertiary/aromatic N) is 3. The molecule has 1 saturated carbocycles. The molecule has 0 saturated heterocycles. The van der Waals surface area contributed by atoms with Gasteiger partial charge < -0.3 is 4.90 Å². The highest BCUT2D eigenvalue weighted by Crippen LogP contribution is 2.36. The minimum Gasteiger partial charge on any atom is -0.324 e. The van der Waals surface area contributed by atoms with E-state index >= 15 is 0 Å². The second-order valence-electron chi connectivity index (χ2n) is 5.83. The fourth-order valence-electron chi connectivity index (χ4n) is 2.18. The van der Waals surface area contributed by atoms with Crippen molar-refractivity contribution in [3.63, 3.8) is 0 Å². The van der Waals surface area contributed by atoms with Crippen molar-refractivity contribution in [3.05, 3.63) is 11.6 Å². The van der Waals surface area contributed by atoms with Crippen LogP contribution in [0.2, 0.25) is 0 Å². The highest BCUT2D eigenvalue weighted by Gasteiger charge is 2.41. The average Bonchev–Trinajstić information content (AvgIpc) is 3.10. The zero-order chi connectivity index (χ0) is 15.8. The minimum atomic E-state index is -4.43. The average molecular weight is 304 g/mol. The van der Waals surface area contributed by atoms with Gasteiger partial charge in [0, 0.05) is 12.0 Å². The van der Waals surface area contributed by atoms with Crippen molar-refractivity contribution >= 4 is 5.91 Å². The predicted molar refractivity (Wildman–Crippen MR) is 69.7 cm³/mol. The van der Waals surface area contributed by atoms with Crippen LogP contribution in [0.3, 0.4) is 0 Å². The first-order valence-corrected chi connectivity index (χ1v) is 6.99. The van der Waals surface area contributed by atoms with Crippen molar-refractivity contribution < 1.29 is 18.0 Å². The number of amides is 1. The molecule has 21 heavy (non-hydrogen) atoms. The number of halogens is 3. The number of nitrogens with one attached hydrogen (secondary N) is 1. The van der Waals surface area contributed by atoms with E-state index in [0.717, 1.165) is 17.7 Å². The monoisotopic (exact) mass is 304 g/mol. The molecule has 1 aromatic rings. The molecule has 1 heterocycles. The molecule has 1 aliphatic rings. The number of carbonyl (C=O) groups is 1. The van der Waals surface area contributed by atoms with Crippen molar-refractivity contribution in [1.29, 1.82) is 0 Å². The van der Waals surface area contributed by atoms with Gasteiger partial charge in [0.05, 0.1) is 0 Å². The molecule has 1 atom stereocenters. The molecule has 0 bridgehead atoms. The Morgan fingerprint density at radius 2 is 2.00 bits per heavy atom. The maximum atomic E-state index is 12.7. The zero-order valence-corrected chi connectivity index (χ0v) is 12.2. The van der Waals surface area contributed by atoms with E-state index in [9.17, 15) is 18.0 Å². The van der Waals surface area contributed by atoms with Crippen LogP contribution in [0.4, 0.5) is 13.2 Å². The van der Waals surface area contributed by atoms with Crippen LogP contribution in [-0.2, 0) is 0 Å². The summed E-state index contributed by atoms with van der Waals surface area (Å²) in [6.07, 6.45) is -2.72. The van der Waals surface area contributed by atoms with Gasteiger partial charge >= 0.3 is 6.18 Å². The third kappa shape index (κ3) is 3.95. The molecule has 1 aliphatic carbocycles. The van der Waals surface area contributed by atoms with E-state index in [4.69, 9.17) is 0 Å². The standard InChI is InChI=1S/C13H19F3N4O/c1-7(2)10-17-11(19-18-10)12(21)20(6-13(14,15)16)8(3)9-4-5-9/h7-9H,4-6H2,1-3H3,(H,17,18,19). The number of rotatable bonds is 5. The number of alkyl halides is 3. The van der Waals surface area contributed by atoms with Crippen molar-refractivity contribution in [2.45, 2.75) is 51.7 Å². The van der Waals surface area contributed by atoms with E-state index < -0.39 is 24.7 Å². The summed E-state index contributed by atoms with van der Waals surface area (Å²) in [6.45, 7) is 4.09. The lowest BCUT2D eigenvalue weighted by Gasteiger charge is -2.29. The van der Waals surface area contributed by atoms with Gasteiger partial charge in [0.2, 0.25) is 5.82 Å². The predicted octanol–water partition coefficient (Wildman–Crippen LogP) is 2.73. The Balaban J connectivity index is 2.19. The number of carbonyl (C=O) groups excluding carboxylic acids is 1. The van der Waals surface area contributed by atoms with Gasteiger partial charge in [-0.2, -0.15) is 13.2 Å². The molecule has 1 aromatic heterocycles. The van der Waals surface area contributed by atoms with Gasteiger partial charge in [-0.25, -0.2) is 4.98 Å². The van der Waals surface area contributed by atoms with Crippen molar-refractivity contribution in [3.8, 4) is 0 Å². The number of H-pyrrole nitrogens is 1. The summed E-state index contributed by atoms with van der Waals surface area (Å²) in [4.78, 5) is 17.1. The SMILES string of the molecule is CC(C)c1nc(C(=O)N(CC(F)(F)F)C(C)C2CC2)n[nH]1. The molecule has 1 amide bonds. The maximum Gasteiger partial charge on any atom is 0.406 e. The molecular formula is C13H19F3N4O. The van der Waals surface area contributed by atoms with Gasteiger partial charge in [-0.3, -0.25) is 9.89 Å². The second kappa shape index (κ2) is 5.65. The highest BCUT2D eigenvalue weighted by molar-refractivity contribution is 5.90. The van der Waals surface area contributed by atoms with E-state index in [-0.39, 0.29) is 17.7 Å². The fourth-order valence-corrected chi connectivity index (χ4v) is 2.18. The second-order valence-corrected chi connectivity index (χ2v) is 5.83. The lowest BCUT2D eigenvalue weighted by Crippen LogP contribution is -2.45. The summed E-state index contributed by atoms with van der Waals surface area (Å²) in [7, 11) is 0. The van der Waals surface area contributed by atoms with Gasteiger partial charge in [0.1, 0.15) is 12.4 Å². The van der Waals surface area contributed by atoms with Crippen LogP contribution in [0, 0.1) is 5.92 Å². The molecule has 1 N–H and O–H groups in total. The zero-order valence-electron chi connectivity index (χ0n) is 12.2. The molecule has 8 heteroatoms. The lowest BCUT2D eigenvalue weighted by atomic mass is 10.1. The number of hydrogen-bond acceptors (Lipinski definition) is 3. The fraction of sp³-hybridized carbons (Fsp3) is 0.769. The Morgan fingerprint density at radius 3 is 2.43 bits per heavy atom. The van der Waals surface area contributed by atoms with Crippen molar-refractivity contribution in [2.24, 2.45) is 5.92 Å². The summed E-state index contributed by atoms with van der Waals surface area (Å²) in [6, 6.07) is -0.458. The number of aromatic nitrogens is 3. The maximum absolute atomic E-state index is 12.7. The Morgan fingerprint density at radius 1 is 1.38 bits per heavy atom. The Bertz CT molecular complexity index is 508. The third-order valence-corrected chi connectivity index (χ3v) is 3.65. The smallest absolute Gasteiger partial charge is 0.324 e. The highest BCUT2D eigenvalue weighted by atomic mass is 19.4. The van der Waals surface area contributed by atoms with Crippen LogP contribution >= 0.6 is 0 Å². The first-order chi connectivity index (χ1) is 9.69. The van der Waals surface area contributed by atoms with Crippen LogP contribution in [0.5, 0.6) is 0 Å². The first kappa shape index (κ1) is 15.8. The molecule has 118 valence electrons. The summed E-state index contributed by atoms with van der Waals surface area (Å²) in [5.74, 6) is -0.314. The molecular weight excluding hydrogens is 285 g/mol. The summed E-state index contributed by atoms with van der Waals surface area (Å²) < 4.78 is 38.2. The van der Waals surface area contributed by atoms with Gasteiger partial charge in [-0.1, -0.05) is 13.8 Å². The topological polar surface area (TPSA) is 61.9 Å². The molecule has 5 nitrogen and oxygen atoms in total. The van der Waals surface area contributed by atoms with Crippen LogP contribution in [-0.4, -0.2) is 44.8 Å². The van der Waals surface area contributed by atoms with Crippen molar-refractivity contribution in [1.82, 2.24) is 20.1 Å². The lowest BCUT2D eigenvalue weighted by molar-refractivity contribution is -0.144. The van der Waals surface area contributed by atoms with Crippen LogP contribution in [0.1, 0.15) is 56.0 Å². The normalized spacial score (nSPS) is 17.1. The molecule has 1 unspecified atom stereocenters. The van der Waals surface area contributed by atoms with Gasteiger partial charge in [0.15, 0.2) is 0 Å². The van der Waals surface area contributed by atoms with Gasteiger partial charge in [-0.15, -0.1) is 5.10 Å². The first-order valence-electron chi connectivity index (χ1n) is 6.99. The molecule has 0 radical (unpaired) electrons. The van der Waals surface area contributed by atoms with Crippen LogP contribution in [0.25, 0.3) is 0 Å². The summed E-state index contributed by atoms with van der Waals surface area (Å²) >= 11 is 0. The Hall–Kier alpha value is -1.60. The molecule has 0 aromatic carbocycles. The molecule has 2 rings (SSSR count). The third-order valence-electron chi connectivity index (χ3n) is 3.65. The van der Waals surface area contributed by atoms with Crippen molar-refractivity contribution in [2.75, 3.05) is 6.54 Å². The van der Waals surface area contributed by atoms with Gasteiger partial charge in [0.25, 0.3) is 5.91 Å². The van der Waals surface area contributed by atoms with E-state index in [2.05, 4.69) is 15.2 Å². The molecule has 0 aliphatic heterocycles. The van der Waals surface area contributed by atoms with Crippen LogP contribution in [0.15, 0.2) is 0 Å². The van der Waals surface area contributed by atoms with Gasteiger partial charge in [-0.05, 0) is 25.7 Å². The summed E-state index contributed by atoms with van der Waals surface area (Å²) in [5, 5.41) is 6.35. The largest absolute Gasteiger partial charge is 0.406 e. The minimum absolute atomic E-state index is 0.0240. The number of aromatic amines is 1. The molecule has 1 fully saturated rings. The Labute approximate surface area is 120 Å². The van der Waals surface area contributed by atoms with E-state index in [1.807, 2.05) is 13.8 Å². The van der Waals surface area contributed by atoms with E-state index in [1.165, 1.54) is 0 Å². The van der Waals surface area contributed by atoms with Crippen LogP contribution < -0.4 is 0 Å². The van der Waals surface area contributed by atoms with E-state index in [1.54, 1.807) is 6.92 Å². The summed E-state index contributed by atoms with van der Waals surface area (Å²) in [5.41, 5.74) is 0. The van der Waals surface area contributed by atoms with E-state index in [0.29, 0.717) is 5.82 Å². The number of hydrogen-bond donors (Lipinski definition) is 1. The molecule has 0 spiro atoms.